The van der Waals surface area contributed by atoms with E-state index in [2.05, 4.69) is 9.62 Å². The third kappa shape index (κ3) is 4.05. The molecule has 2 rings (SSSR count). The van der Waals surface area contributed by atoms with Crippen molar-refractivity contribution >= 4 is 15.7 Å². The van der Waals surface area contributed by atoms with Gasteiger partial charge in [0.15, 0.2) is 4.90 Å². The van der Waals surface area contributed by atoms with Gasteiger partial charge in [0.2, 0.25) is 0 Å². The number of nitrogens with one attached hydrogen (secondary N) is 1. The predicted octanol–water partition coefficient (Wildman–Crippen LogP) is 0.727. The van der Waals surface area contributed by atoms with Crippen LogP contribution in [0.15, 0.2) is 44.9 Å². The number of nitrogens with zero attached hydrogens (tertiary/aromatic N) is 3. The largest absolute Gasteiger partial charge is 0.330 e. The van der Waals surface area contributed by atoms with Gasteiger partial charge < -0.3 is 4.57 Å². The first-order chi connectivity index (χ1) is 12.2. The third-order valence-electron chi connectivity index (χ3n) is 4.25. The minimum absolute atomic E-state index is 0.412. The molecular formula is C17H24N4O4S. The van der Waals surface area contributed by atoms with E-state index in [0.29, 0.717) is 12.2 Å². The average Bonchev–Trinajstić information content (AvgIpc) is 2.61. The fourth-order valence-electron chi connectivity index (χ4n) is 2.61. The topological polar surface area (TPSA) is 93.4 Å². The summed E-state index contributed by atoms with van der Waals surface area (Å²) in [7, 11) is -1.49. The van der Waals surface area contributed by atoms with Gasteiger partial charge in [0.25, 0.3) is 15.6 Å². The summed E-state index contributed by atoms with van der Waals surface area (Å²) in [6, 6.07) is 7.06. The lowest BCUT2D eigenvalue weighted by molar-refractivity contribution is 0.296. The molecule has 26 heavy (non-hydrogen) atoms. The summed E-state index contributed by atoms with van der Waals surface area (Å²) >= 11 is 0. The Morgan fingerprint density at radius 1 is 1.08 bits per heavy atom. The molecule has 0 amide bonds. The fraction of sp³-hybridized carbons (Fsp3) is 0.412. The Morgan fingerprint density at radius 2 is 1.69 bits per heavy atom. The Morgan fingerprint density at radius 3 is 2.31 bits per heavy atom. The summed E-state index contributed by atoms with van der Waals surface area (Å²) in [6.45, 7) is 6.31. The van der Waals surface area contributed by atoms with E-state index in [4.69, 9.17) is 0 Å². The molecule has 0 aliphatic heterocycles. The van der Waals surface area contributed by atoms with E-state index in [1.54, 1.807) is 12.1 Å². The Kier molecular flexibility index (Phi) is 6.04. The summed E-state index contributed by atoms with van der Waals surface area (Å²) in [5.74, 6) is 0. The molecular weight excluding hydrogens is 356 g/mol. The van der Waals surface area contributed by atoms with Crippen molar-refractivity contribution < 1.29 is 8.42 Å². The average molecular weight is 380 g/mol. The quantitative estimate of drug-likeness (QED) is 0.764. The number of para-hydroxylation sites is 1. The highest BCUT2D eigenvalue weighted by Crippen LogP contribution is 2.20. The van der Waals surface area contributed by atoms with Crippen molar-refractivity contribution in [2.75, 3.05) is 17.8 Å². The summed E-state index contributed by atoms with van der Waals surface area (Å²) in [6.07, 6.45) is 1.04. The summed E-state index contributed by atoms with van der Waals surface area (Å²) < 4.78 is 29.9. The normalized spacial score (nSPS) is 11.7. The van der Waals surface area contributed by atoms with Crippen LogP contribution < -0.4 is 16.0 Å². The molecule has 0 aliphatic carbocycles. The van der Waals surface area contributed by atoms with Crippen LogP contribution in [0, 0.1) is 0 Å². The SMILES string of the molecule is CCN(CC)Cc1ccccc1NS(=O)(=O)c1cn(C)c(=O)n(C)c1=O. The number of hydrogen-bond acceptors (Lipinski definition) is 5. The molecule has 0 unspecified atom stereocenters. The van der Waals surface area contributed by atoms with Crippen molar-refractivity contribution in [2.24, 2.45) is 14.1 Å². The fourth-order valence-corrected chi connectivity index (χ4v) is 3.87. The lowest BCUT2D eigenvalue weighted by Gasteiger charge is -2.20. The Hall–Kier alpha value is -2.39. The molecule has 2 aromatic rings. The van der Waals surface area contributed by atoms with Crippen LogP contribution >= 0.6 is 0 Å². The van der Waals surface area contributed by atoms with E-state index in [1.165, 1.54) is 14.1 Å². The smallest absolute Gasteiger partial charge is 0.302 e. The predicted molar refractivity (Wildman–Crippen MR) is 101 cm³/mol. The zero-order valence-electron chi connectivity index (χ0n) is 15.4. The lowest BCUT2D eigenvalue weighted by atomic mass is 10.1. The van der Waals surface area contributed by atoms with E-state index in [9.17, 15) is 18.0 Å². The van der Waals surface area contributed by atoms with Crippen LogP contribution in [0.3, 0.4) is 0 Å². The van der Waals surface area contributed by atoms with E-state index < -0.39 is 26.2 Å². The van der Waals surface area contributed by atoms with Crippen molar-refractivity contribution in [1.29, 1.82) is 0 Å². The maximum atomic E-state index is 12.8. The summed E-state index contributed by atoms with van der Waals surface area (Å²) in [5, 5.41) is 0. The number of benzene rings is 1. The molecule has 0 radical (unpaired) electrons. The molecule has 0 atom stereocenters. The van der Waals surface area contributed by atoms with E-state index in [0.717, 1.165) is 34.0 Å². The maximum absolute atomic E-state index is 12.8. The number of aryl methyl sites for hydroxylation is 1. The molecule has 0 fully saturated rings. The molecule has 142 valence electrons. The Labute approximate surface area is 152 Å². The van der Waals surface area contributed by atoms with Crippen LogP contribution in [-0.4, -0.2) is 35.5 Å². The number of rotatable bonds is 7. The molecule has 8 nitrogen and oxygen atoms in total. The molecule has 9 heteroatoms. The van der Waals surface area contributed by atoms with Gasteiger partial charge in [-0.15, -0.1) is 0 Å². The van der Waals surface area contributed by atoms with Gasteiger partial charge in [0, 0.05) is 26.8 Å². The zero-order chi connectivity index (χ0) is 19.5. The van der Waals surface area contributed by atoms with Crippen LogP contribution in [0.1, 0.15) is 19.4 Å². The second-order valence-corrected chi connectivity index (χ2v) is 7.63. The van der Waals surface area contributed by atoms with Gasteiger partial charge in [-0.2, -0.15) is 0 Å². The van der Waals surface area contributed by atoms with Gasteiger partial charge in [0.05, 0.1) is 5.69 Å². The Balaban J connectivity index is 2.46. The van der Waals surface area contributed by atoms with Crippen molar-refractivity contribution in [1.82, 2.24) is 14.0 Å². The first-order valence-corrected chi connectivity index (χ1v) is 9.79. The van der Waals surface area contributed by atoms with Crippen molar-refractivity contribution in [3.8, 4) is 0 Å². The molecule has 1 aromatic carbocycles. The van der Waals surface area contributed by atoms with Gasteiger partial charge in [-0.05, 0) is 24.7 Å². The molecule has 0 saturated heterocycles. The number of hydrogen-bond donors (Lipinski definition) is 1. The van der Waals surface area contributed by atoms with Gasteiger partial charge >= 0.3 is 5.69 Å². The maximum Gasteiger partial charge on any atom is 0.330 e. The summed E-state index contributed by atoms with van der Waals surface area (Å²) in [5.41, 5.74) is -0.227. The van der Waals surface area contributed by atoms with Gasteiger partial charge in [0.1, 0.15) is 0 Å². The minimum atomic E-state index is -4.14. The van der Waals surface area contributed by atoms with E-state index in [-0.39, 0.29) is 0 Å². The van der Waals surface area contributed by atoms with Crippen LogP contribution in [0.25, 0.3) is 0 Å². The van der Waals surface area contributed by atoms with Gasteiger partial charge in [-0.3, -0.25) is 19.0 Å². The highest BCUT2D eigenvalue weighted by molar-refractivity contribution is 7.92. The molecule has 0 saturated carbocycles. The van der Waals surface area contributed by atoms with Gasteiger partial charge in [-0.25, -0.2) is 13.2 Å². The second kappa shape index (κ2) is 7.88. The monoisotopic (exact) mass is 380 g/mol. The zero-order valence-corrected chi connectivity index (χ0v) is 16.2. The number of aromatic nitrogens is 2. The molecule has 1 N–H and O–H groups in total. The molecule has 0 spiro atoms. The van der Waals surface area contributed by atoms with E-state index in [1.807, 2.05) is 26.0 Å². The number of anilines is 1. The highest BCUT2D eigenvalue weighted by atomic mass is 32.2. The lowest BCUT2D eigenvalue weighted by Crippen LogP contribution is -2.40. The molecule has 1 aromatic heterocycles. The molecule has 1 heterocycles. The standard InChI is InChI=1S/C17H24N4O4S/c1-5-21(6-2)11-13-9-7-8-10-14(13)18-26(24,25)15-12-19(3)17(23)20(4)16(15)22/h7-10,12,18H,5-6,11H2,1-4H3. The van der Waals surface area contributed by atoms with Crippen LogP contribution in [0.5, 0.6) is 0 Å². The third-order valence-corrected chi connectivity index (χ3v) is 5.60. The second-order valence-electron chi connectivity index (χ2n) is 5.98. The highest BCUT2D eigenvalue weighted by Gasteiger charge is 2.22. The first-order valence-electron chi connectivity index (χ1n) is 8.31. The molecule has 0 aliphatic rings. The number of sulfonamides is 1. The van der Waals surface area contributed by atoms with E-state index >= 15 is 0 Å². The van der Waals surface area contributed by atoms with Crippen LogP contribution in [-0.2, 0) is 30.7 Å². The first kappa shape index (κ1) is 19.9. The molecule has 0 bridgehead atoms. The Bertz CT molecular complexity index is 1000. The van der Waals surface area contributed by atoms with Gasteiger partial charge in [-0.1, -0.05) is 32.0 Å². The van der Waals surface area contributed by atoms with Crippen molar-refractivity contribution in [2.45, 2.75) is 25.3 Å². The van der Waals surface area contributed by atoms with Crippen molar-refractivity contribution in [3.63, 3.8) is 0 Å². The summed E-state index contributed by atoms with van der Waals surface area (Å²) in [4.78, 5) is 25.7. The minimum Gasteiger partial charge on any atom is -0.302 e. The van der Waals surface area contributed by atoms with Crippen LogP contribution in [0.2, 0.25) is 0 Å². The van der Waals surface area contributed by atoms with Crippen molar-refractivity contribution in [3.05, 3.63) is 56.9 Å². The van der Waals surface area contributed by atoms with Crippen LogP contribution in [0.4, 0.5) is 5.69 Å².